The molecule has 1 amide bonds. The van der Waals surface area contributed by atoms with Gasteiger partial charge in [0.1, 0.15) is 5.65 Å². The van der Waals surface area contributed by atoms with Crippen molar-refractivity contribution in [1.82, 2.24) is 24.5 Å². The lowest BCUT2D eigenvalue weighted by Crippen LogP contribution is -2.25. The molecule has 2 unspecified atom stereocenters. The van der Waals surface area contributed by atoms with E-state index in [9.17, 15) is 4.79 Å². The summed E-state index contributed by atoms with van der Waals surface area (Å²) in [5.74, 6) is 1.71. The maximum atomic E-state index is 12.8. The number of amides is 1. The first-order chi connectivity index (χ1) is 17.7. The third-order valence-corrected chi connectivity index (χ3v) is 6.93. The third kappa shape index (κ3) is 7.16. The first kappa shape index (κ1) is 26.8. The monoisotopic (exact) mass is 562 g/mol. The molecule has 1 saturated carbocycles. The molecule has 194 valence electrons. The summed E-state index contributed by atoms with van der Waals surface area (Å²) in [4.78, 5) is 22.0. The van der Waals surface area contributed by atoms with Crippen LogP contribution in [-0.4, -0.2) is 37.8 Å². The summed E-state index contributed by atoms with van der Waals surface area (Å²) in [5.41, 5.74) is 5.46. The summed E-state index contributed by atoms with van der Waals surface area (Å²) in [5, 5.41) is 7.35. The summed E-state index contributed by atoms with van der Waals surface area (Å²) < 4.78 is 4.79. The zero-order valence-corrected chi connectivity index (χ0v) is 23.7. The molecule has 3 aromatic heterocycles. The number of pyridine rings is 1. The largest absolute Gasteiger partial charge is 0.346 e. The Hall–Kier alpha value is -3.26. The smallest absolute Gasteiger partial charge is 0.254 e. The molecule has 0 radical (unpaired) electrons. The van der Waals surface area contributed by atoms with Crippen LogP contribution in [0, 0.1) is 11.8 Å². The van der Waals surface area contributed by atoms with E-state index in [1.807, 2.05) is 32.2 Å². The summed E-state index contributed by atoms with van der Waals surface area (Å²) in [6.45, 7) is 11.2. The van der Waals surface area contributed by atoms with Crippen LogP contribution in [0.2, 0.25) is 0 Å². The highest BCUT2D eigenvalue weighted by atomic mass is 79.9. The Labute approximate surface area is 227 Å². The predicted octanol–water partition coefficient (Wildman–Crippen LogP) is 6.29. The summed E-state index contributed by atoms with van der Waals surface area (Å²) in [6.07, 6.45) is 16.7. The molecule has 0 bridgehead atoms. The summed E-state index contributed by atoms with van der Waals surface area (Å²) >= 11 is 3.58. The van der Waals surface area contributed by atoms with Crippen molar-refractivity contribution in [1.29, 1.82) is 0 Å². The number of rotatable bonds is 10. The van der Waals surface area contributed by atoms with E-state index in [-0.39, 0.29) is 5.91 Å². The second-order valence-electron chi connectivity index (χ2n) is 10.0. The van der Waals surface area contributed by atoms with Crippen LogP contribution in [0.4, 0.5) is 0 Å². The van der Waals surface area contributed by atoms with Crippen molar-refractivity contribution in [2.24, 2.45) is 16.8 Å². The fraction of sp³-hybridized carbons (Fsp3) is 0.379. The number of hydrogen-bond donors (Lipinski definition) is 1. The minimum Gasteiger partial charge on any atom is -0.346 e. The number of nitrogens with one attached hydrogen (secondary N) is 1. The third-order valence-electron chi connectivity index (χ3n) is 6.43. The van der Waals surface area contributed by atoms with Crippen molar-refractivity contribution in [2.45, 2.75) is 53.5 Å². The van der Waals surface area contributed by atoms with Gasteiger partial charge in [-0.25, -0.2) is 4.98 Å². The van der Waals surface area contributed by atoms with E-state index in [4.69, 9.17) is 4.98 Å². The number of imidazole rings is 1. The van der Waals surface area contributed by atoms with Gasteiger partial charge in [0.15, 0.2) is 0 Å². The Morgan fingerprint density at radius 3 is 2.78 bits per heavy atom. The van der Waals surface area contributed by atoms with Gasteiger partial charge in [-0.2, -0.15) is 5.10 Å². The predicted molar refractivity (Wildman–Crippen MR) is 153 cm³/mol. The highest BCUT2D eigenvalue weighted by molar-refractivity contribution is 9.11. The number of fused-ring (bicyclic) bond motifs is 1. The molecule has 3 aromatic rings. The van der Waals surface area contributed by atoms with Gasteiger partial charge in [-0.15, -0.1) is 0 Å². The molecule has 0 saturated heterocycles. The molecule has 1 N–H and O–H groups in total. The molecule has 1 fully saturated rings. The molecular weight excluding hydrogens is 528 g/mol. The number of hydrogen-bond acceptors (Lipinski definition) is 4. The van der Waals surface area contributed by atoms with Gasteiger partial charge in [0.25, 0.3) is 5.91 Å². The second-order valence-corrected chi connectivity index (χ2v) is 11.0. The van der Waals surface area contributed by atoms with E-state index in [1.165, 1.54) is 12.0 Å². The molecule has 1 aliphatic carbocycles. The number of nitrogens with zero attached hydrogens (tertiary/aromatic N) is 5. The number of carbonyl (C=O) groups excluding carboxylic acids is 1. The normalized spacial score (nSPS) is 18.8. The van der Waals surface area contributed by atoms with E-state index < -0.39 is 0 Å². The molecule has 0 spiro atoms. The molecule has 7 nitrogen and oxygen atoms in total. The van der Waals surface area contributed by atoms with E-state index >= 15 is 0 Å². The molecule has 0 aliphatic heterocycles. The van der Waals surface area contributed by atoms with Gasteiger partial charge >= 0.3 is 0 Å². The molecule has 2 atom stereocenters. The maximum absolute atomic E-state index is 12.8. The number of aromatic nitrogens is 4. The van der Waals surface area contributed by atoms with Crippen LogP contribution in [0.15, 0.2) is 75.9 Å². The maximum Gasteiger partial charge on any atom is 0.254 e. The molecule has 1 aliphatic rings. The fourth-order valence-electron chi connectivity index (χ4n) is 4.21. The zero-order valence-electron chi connectivity index (χ0n) is 22.1. The lowest BCUT2D eigenvalue weighted by Gasteiger charge is -2.07. The number of halogens is 1. The first-order valence-electron chi connectivity index (χ1n) is 12.8. The highest BCUT2D eigenvalue weighted by Gasteiger charge is 2.34. The van der Waals surface area contributed by atoms with Gasteiger partial charge < -0.3 is 9.72 Å². The van der Waals surface area contributed by atoms with Crippen molar-refractivity contribution in [3.8, 4) is 0 Å². The van der Waals surface area contributed by atoms with E-state index in [1.54, 1.807) is 23.3 Å². The molecule has 37 heavy (non-hydrogen) atoms. The Bertz CT molecular complexity index is 1390. The number of aliphatic imine (C=N–C) groups is 1. The van der Waals surface area contributed by atoms with Crippen LogP contribution in [0.3, 0.4) is 0 Å². The van der Waals surface area contributed by atoms with Crippen LogP contribution in [0.25, 0.3) is 5.65 Å². The summed E-state index contributed by atoms with van der Waals surface area (Å²) in [6, 6.07) is 4.26. The quantitative estimate of drug-likeness (QED) is 0.233. The Balaban J connectivity index is 1.39. The first-order valence-corrected chi connectivity index (χ1v) is 13.5. The van der Waals surface area contributed by atoms with Crippen molar-refractivity contribution in [3.05, 3.63) is 87.7 Å². The highest BCUT2D eigenvalue weighted by Crippen LogP contribution is 2.46. The Morgan fingerprint density at radius 2 is 2.08 bits per heavy atom. The van der Waals surface area contributed by atoms with Crippen molar-refractivity contribution in [3.63, 3.8) is 0 Å². The lowest BCUT2D eigenvalue weighted by molar-refractivity contribution is 0.0956. The van der Waals surface area contributed by atoms with E-state index in [0.717, 1.165) is 33.0 Å². The standard InChI is InChI=1S/C29H35BrN6O/c1-6-31-27(21(5)11-24(30)9-7-19(2)3)14-32-29(37)23-13-33-36(16-23)18-25-17-35-15-22(26-12-20(26)4)8-10-28(35)34-25/h6-11,13,15-17,19-20,26H,12,14,18H2,1-5H3,(H,32,37)/b9-7-,24-11+,27-21+,31-6-. The van der Waals surface area contributed by atoms with Gasteiger partial charge in [0, 0.05) is 29.3 Å². The van der Waals surface area contributed by atoms with Crippen molar-refractivity contribution < 1.29 is 4.79 Å². The van der Waals surface area contributed by atoms with Crippen LogP contribution >= 0.6 is 15.9 Å². The Kier molecular flexibility index (Phi) is 8.59. The van der Waals surface area contributed by atoms with Crippen molar-refractivity contribution in [2.75, 3.05) is 6.54 Å². The van der Waals surface area contributed by atoms with Gasteiger partial charge in [-0.1, -0.05) is 54.9 Å². The zero-order chi connectivity index (χ0) is 26.5. The van der Waals surface area contributed by atoms with Gasteiger partial charge in [-0.3, -0.25) is 14.5 Å². The average molecular weight is 564 g/mol. The SMILES string of the molecule is C\C=N/C(CNC(=O)c1cnn(Cc2cn3cc(C4CC4C)ccc3n2)c1)=C(C)/C=C(Br)\C=C/C(C)C. The van der Waals surface area contributed by atoms with Crippen LogP contribution in [0.5, 0.6) is 0 Å². The number of carbonyl (C=O) groups is 1. The van der Waals surface area contributed by atoms with E-state index in [0.29, 0.717) is 30.5 Å². The van der Waals surface area contributed by atoms with Gasteiger partial charge in [0.2, 0.25) is 0 Å². The van der Waals surface area contributed by atoms with Crippen LogP contribution in [0.1, 0.15) is 68.6 Å². The molecule has 0 aromatic carbocycles. The molecule has 8 heteroatoms. The average Bonchev–Trinajstić information content (AvgIpc) is 3.23. The second kappa shape index (κ2) is 11.9. The van der Waals surface area contributed by atoms with Crippen LogP contribution in [-0.2, 0) is 6.54 Å². The molecular formula is C29H35BrN6O. The number of allylic oxidation sites excluding steroid dienone is 5. The fourth-order valence-corrected chi connectivity index (χ4v) is 4.70. The minimum atomic E-state index is -0.191. The Morgan fingerprint density at radius 1 is 1.30 bits per heavy atom. The minimum absolute atomic E-state index is 0.191. The van der Waals surface area contributed by atoms with Crippen molar-refractivity contribution >= 4 is 33.7 Å². The summed E-state index contributed by atoms with van der Waals surface area (Å²) in [7, 11) is 0. The topological polar surface area (TPSA) is 76.6 Å². The molecule has 3 heterocycles. The van der Waals surface area contributed by atoms with Gasteiger partial charge in [-0.05, 0) is 61.3 Å². The van der Waals surface area contributed by atoms with E-state index in [2.05, 4.69) is 80.9 Å². The molecule has 4 rings (SSSR count). The van der Waals surface area contributed by atoms with Crippen LogP contribution < -0.4 is 5.32 Å². The van der Waals surface area contributed by atoms with Gasteiger partial charge in [0.05, 0.1) is 36.2 Å². The lowest BCUT2D eigenvalue weighted by atomic mass is 10.1.